The zero-order valence-corrected chi connectivity index (χ0v) is 5.81. The topological polar surface area (TPSA) is 35.2 Å². The molecule has 0 aromatic heterocycles. The van der Waals surface area contributed by atoms with Gasteiger partial charge in [0.1, 0.15) is 0 Å². The van der Waals surface area contributed by atoms with Crippen molar-refractivity contribution in [3.8, 4) is 0 Å². The van der Waals surface area contributed by atoms with Crippen molar-refractivity contribution in [2.75, 3.05) is 6.61 Å². The van der Waals surface area contributed by atoms with Gasteiger partial charge in [-0.2, -0.15) is 0 Å². The Morgan fingerprint density at radius 3 is 2.67 bits per heavy atom. The largest absolute Gasteiger partial charge is 0.305 e. The van der Waals surface area contributed by atoms with Crippen LogP contribution in [-0.4, -0.2) is 6.61 Å². The molecule has 2 nitrogen and oxygen atoms in total. The summed E-state index contributed by atoms with van der Waals surface area (Å²) < 4.78 is 0. The van der Waals surface area contributed by atoms with Gasteiger partial charge in [0, 0.05) is 0 Å². The second-order valence-electron chi connectivity index (χ2n) is 2.01. The Balaban J connectivity index is 2.66. The third kappa shape index (κ3) is 7.66. The maximum Gasteiger partial charge on any atom is 0.0679 e. The number of hydrogen-bond donors (Lipinski definition) is 1. The minimum absolute atomic E-state index is 0.678. The van der Waals surface area contributed by atoms with Crippen LogP contribution in [0.25, 0.3) is 0 Å². The zero-order valence-electron chi connectivity index (χ0n) is 5.81. The molecule has 0 bridgehead atoms. The summed E-state index contributed by atoms with van der Waals surface area (Å²) in [4.78, 5) is 4.40. The second kappa shape index (κ2) is 7.66. The van der Waals surface area contributed by atoms with Gasteiger partial charge in [0.2, 0.25) is 0 Å². The van der Waals surface area contributed by atoms with Crippen molar-refractivity contribution in [2.24, 2.45) is 5.90 Å². The molecule has 0 rings (SSSR count). The van der Waals surface area contributed by atoms with Crippen molar-refractivity contribution < 1.29 is 4.84 Å². The smallest absolute Gasteiger partial charge is 0.0679 e. The summed E-state index contributed by atoms with van der Waals surface area (Å²) in [6.07, 6.45) is 6.48. The molecule has 0 aliphatic carbocycles. The van der Waals surface area contributed by atoms with Crippen LogP contribution >= 0.6 is 0 Å². The summed E-state index contributed by atoms with van der Waals surface area (Å²) in [6, 6.07) is 0. The van der Waals surface area contributed by atoms with Crippen LogP contribution in [0, 0.1) is 0 Å². The van der Waals surface area contributed by atoms with E-state index in [1.54, 1.807) is 0 Å². The highest BCUT2D eigenvalue weighted by Crippen LogP contribution is 1.98. The van der Waals surface area contributed by atoms with E-state index in [2.05, 4.69) is 11.4 Å². The van der Waals surface area contributed by atoms with Gasteiger partial charge in [0.15, 0.2) is 0 Å². The molecule has 0 saturated carbocycles. The van der Waals surface area contributed by atoms with Gasteiger partial charge in [-0.1, -0.05) is 12.5 Å². The molecule has 0 aromatic rings. The van der Waals surface area contributed by atoms with E-state index in [1.165, 1.54) is 12.8 Å². The van der Waals surface area contributed by atoms with Gasteiger partial charge in [0.05, 0.1) is 6.61 Å². The van der Waals surface area contributed by atoms with Gasteiger partial charge in [-0.05, 0) is 19.3 Å². The lowest BCUT2D eigenvalue weighted by atomic mass is 10.2. The highest BCUT2D eigenvalue weighted by molar-refractivity contribution is 4.65. The average Bonchev–Trinajstić information content (AvgIpc) is 1.89. The van der Waals surface area contributed by atoms with E-state index in [-0.39, 0.29) is 0 Å². The first-order valence-corrected chi connectivity index (χ1v) is 3.34. The molecule has 2 heteroatoms. The summed E-state index contributed by atoms with van der Waals surface area (Å²) >= 11 is 0. The maximum atomic E-state index is 4.82. The van der Waals surface area contributed by atoms with Gasteiger partial charge in [-0.15, -0.1) is 6.58 Å². The molecular weight excluding hydrogens is 114 g/mol. The fraction of sp³-hybridized carbons (Fsp3) is 0.714. The molecule has 54 valence electrons. The van der Waals surface area contributed by atoms with Crippen molar-refractivity contribution in [2.45, 2.75) is 25.7 Å². The highest BCUT2D eigenvalue weighted by atomic mass is 16.6. The molecule has 0 spiro atoms. The van der Waals surface area contributed by atoms with Gasteiger partial charge in [0.25, 0.3) is 0 Å². The number of rotatable bonds is 6. The Morgan fingerprint density at radius 2 is 2.11 bits per heavy atom. The Labute approximate surface area is 56.6 Å². The van der Waals surface area contributed by atoms with Crippen molar-refractivity contribution in [3.05, 3.63) is 12.7 Å². The van der Waals surface area contributed by atoms with E-state index in [4.69, 9.17) is 5.90 Å². The Morgan fingerprint density at radius 1 is 1.33 bits per heavy atom. The Hall–Kier alpha value is -0.340. The van der Waals surface area contributed by atoms with Crippen LogP contribution in [0.3, 0.4) is 0 Å². The third-order valence-electron chi connectivity index (χ3n) is 1.17. The summed E-state index contributed by atoms with van der Waals surface area (Å²) in [7, 11) is 0. The molecular formula is C7H15NO. The van der Waals surface area contributed by atoms with Crippen molar-refractivity contribution in [3.63, 3.8) is 0 Å². The van der Waals surface area contributed by atoms with Crippen molar-refractivity contribution in [1.29, 1.82) is 0 Å². The number of allylic oxidation sites excluding steroid dienone is 1. The molecule has 0 saturated heterocycles. The van der Waals surface area contributed by atoms with Crippen LogP contribution in [0.5, 0.6) is 0 Å². The number of nitrogens with two attached hydrogens (primary N) is 1. The fourth-order valence-electron chi connectivity index (χ4n) is 0.651. The standard InChI is InChI=1S/C7H15NO/c1-2-3-4-5-6-7-9-8/h2H,1,3-8H2. The predicted octanol–water partition coefficient (Wildman–Crippen LogP) is 1.62. The van der Waals surface area contributed by atoms with E-state index in [0.29, 0.717) is 6.61 Å². The lowest BCUT2D eigenvalue weighted by Crippen LogP contribution is -1.99. The fourth-order valence-corrected chi connectivity index (χ4v) is 0.651. The normalized spacial score (nSPS) is 9.44. The molecule has 9 heavy (non-hydrogen) atoms. The molecule has 0 amide bonds. The van der Waals surface area contributed by atoms with E-state index in [9.17, 15) is 0 Å². The van der Waals surface area contributed by atoms with Crippen molar-refractivity contribution in [1.82, 2.24) is 0 Å². The average molecular weight is 129 g/mol. The van der Waals surface area contributed by atoms with Crippen LogP contribution in [0.1, 0.15) is 25.7 Å². The summed E-state index contributed by atoms with van der Waals surface area (Å²) in [5, 5.41) is 0. The predicted molar refractivity (Wildman–Crippen MR) is 38.8 cm³/mol. The van der Waals surface area contributed by atoms with Gasteiger partial charge in [-0.25, -0.2) is 5.90 Å². The number of hydrogen-bond acceptors (Lipinski definition) is 2. The molecule has 2 N–H and O–H groups in total. The lowest BCUT2D eigenvalue weighted by molar-refractivity contribution is 0.133. The molecule has 0 atom stereocenters. The monoisotopic (exact) mass is 129 g/mol. The first kappa shape index (κ1) is 8.66. The van der Waals surface area contributed by atoms with E-state index in [1.807, 2.05) is 6.08 Å². The van der Waals surface area contributed by atoms with Crippen LogP contribution in [0.2, 0.25) is 0 Å². The van der Waals surface area contributed by atoms with E-state index < -0.39 is 0 Å². The summed E-state index contributed by atoms with van der Waals surface area (Å²) in [5.74, 6) is 4.82. The SMILES string of the molecule is C=CCCCCCON. The molecule has 0 aromatic carbocycles. The lowest BCUT2D eigenvalue weighted by Gasteiger charge is -1.95. The maximum absolute atomic E-state index is 4.82. The van der Waals surface area contributed by atoms with E-state index >= 15 is 0 Å². The van der Waals surface area contributed by atoms with Crippen molar-refractivity contribution >= 4 is 0 Å². The third-order valence-corrected chi connectivity index (χ3v) is 1.17. The molecule has 0 aliphatic rings. The van der Waals surface area contributed by atoms with Crippen LogP contribution in [0.4, 0.5) is 0 Å². The van der Waals surface area contributed by atoms with E-state index in [0.717, 1.165) is 12.8 Å². The highest BCUT2D eigenvalue weighted by Gasteiger charge is 1.84. The van der Waals surface area contributed by atoms with Gasteiger partial charge in [-0.3, -0.25) is 0 Å². The first-order valence-electron chi connectivity index (χ1n) is 3.34. The Kier molecular flexibility index (Phi) is 7.37. The van der Waals surface area contributed by atoms with Gasteiger partial charge < -0.3 is 4.84 Å². The summed E-state index contributed by atoms with van der Waals surface area (Å²) in [6.45, 7) is 4.30. The minimum atomic E-state index is 0.678. The molecule has 0 radical (unpaired) electrons. The molecule has 0 aliphatic heterocycles. The van der Waals surface area contributed by atoms with Crippen LogP contribution < -0.4 is 5.90 Å². The van der Waals surface area contributed by atoms with Crippen LogP contribution in [-0.2, 0) is 4.84 Å². The zero-order chi connectivity index (χ0) is 6.95. The molecule has 0 unspecified atom stereocenters. The summed E-state index contributed by atoms with van der Waals surface area (Å²) in [5.41, 5.74) is 0. The molecule has 0 heterocycles. The minimum Gasteiger partial charge on any atom is -0.305 e. The quantitative estimate of drug-likeness (QED) is 0.336. The number of unbranched alkanes of at least 4 members (excludes halogenated alkanes) is 3. The van der Waals surface area contributed by atoms with Crippen LogP contribution in [0.15, 0.2) is 12.7 Å². The first-order chi connectivity index (χ1) is 4.41. The Bertz CT molecular complexity index is 63.9. The second-order valence-corrected chi connectivity index (χ2v) is 2.01. The molecule has 0 fully saturated rings. The van der Waals surface area contributed by atoms with Gasteiger partial charge >= 0.3 is 0 Å².